The first-order chi connectivity index (χ1) is 12.7. The maximum atomic E-state index is 13.2. The van der Waals surface area contributed by atoms with Gasteiger partial charge in [0.15, 0.2) is 0 Å². The van der Waals surface area contributed by atoms with E-state index < -0.39 is 5.54 Å². The molecule has 2 aromatic heterocycles. The van der Waals surface area contributed by atoms with E-state index in [2.05, 4.69) is 20.7 Å². The molecule has 3 aromatic rings. The van der Waals surface area contributed by atoms with Crippen LogP contribution in [0.5, 0.6) is 0 Å². The number of oxazole rings is 1. The highest BCUT2D eigenvalue weighted by molar-refractivity contribution is 5.97. The van der Waals surface area contributed by atoms with Gasteiger partial charge < -0.3 is 15.1 Å². The number of halogens is 1. The minimum Gasteiger partial charge on any atom is -0.444 e. The summed E-state index contributed by atoms with van der Waals surface area (Å²) in [5.41, 5.74) is 1.69. The van der Waals surface area contributed by atoms with Crippen molar-refractivity contribution in [3.05, 3.63) is 54.7 Å². The summed E-state index contributed by atoms with van der Waals surface area (Å²) in [5, 5.41) is 10.7. The zero-order chi connectivity index (χ0) is 18.0. The summed E-state index contributed by atoms with van der Waals surface area (Å²) >= 11 is 0. The maximum Gasteiger partial charge on any atom is 0.252 e. The molecule has 1 aliphatic heterocycles. The normalized spacial score (nSPS) is 15.7. The van der Waals surface area contributed by atoms with Crippen LogP contribution in [0.2, 0.25) is 0 Å². The van der Waals surface area contributed by atoms with E-state index in [9.17, 15) is 4.79 Å². The Bertz CT molecular complexity index is 900. The van der Waals surface area contributed by atoms with Gasteiger partial charge in [0.05, 0.1) is 5.69 Å². The highest BCUT2D eigenvalue weighted by Gasteiger charge is 2.42. The van der Waals surface area contributed by atoms with Gasteiger partial charge in [0.1, 0.15) is 11.8 Å². The Morgan fingerprint density at radius 2 is 2.11 bits per heavy atom. The Morgan fingerprint density at radius 1 is 1.30 bits per heavy atom. The fourth-order valence-electron chi connectivity index (χ4n) is 3.39. The Labute approximate surface area is 163 Å². The summed E-state index contributed by atoms with van der Waals surface area (Å²) in [5.74, 6) is 0.491. The third-order valence-electron chi connectivity index (χ3n) is 4.78. The first-order valence-corrected chi connectivity index (χ1v) is 8.72. The lowest BCUT2D eigenvalue weighted by Gasteiger charge is -2.36. The van der Waals surface area contributed by atoms with Gasteiger partial charge >= 0.3 is 0 Å². The molecule has 8 heteroatoms. The molecular formula is C19H22ClN5O2. The summed E-state index contributed by atoms with van der Waals surface area (Å²) in [4.78, 5) is 17.5. The molecule has 0 saturated carbocycles. The summed E-state index contributed by atoms with van der Waals surface area (Å²) < 4.78 is 7.24. The van der Waals surface area contributed by atoms with Crippen LogP contribution in [0.25, 0.3) is 11.5 Å². The number of piperidine rings is 1. The van der Waals surface area contributed by atoms with E-state index in [0.29, 0.717) is 24.4 Å². The Kier molecular flexibility index (Phi) is 5.62. The monoisotopic (exact) mass is 387 g/mol. The van der Waals surface area contributed by atoms with Crippen molar-refractivity contribution in [3.8, 4) is 11.5 Å². The molecule has 0 atom stereocenters. The second kappa shape index (κ2) is 7.94. The molecule has 0 unspecified atom stereocenters. The van der Waals surface area contributed by atoms with Gasteiger partial charge in [0.2, 0.25) is 5.89 Å². The van der Waals surface area contributed by atoms with E-state index in [1.807, 2.05) is 43.5 Å². The van der Waals surface area contributed by atoms with Crippen molar-refractivity contribution in [2.24, 2.45) is 0 Å². The lowest BCUT2D eigenvalue weighted by Crippen LogP contribution is -2.52. The van der Waals surface area contributed by atoms with Crippen molar-refractivity contribution in [2.75, 3.05) is 18.4 Å². The highest BCUT2D eigenvalue weighted by atomic mass is 35.5. The summed E-state index contributed by atoms with van der Waals surface area (Å²) in [6.07, 6.45) is 6.57. The van der Waals surface area contributed by atoms with Gasteiger partial charge in [0, 0.05) is 23.6 Å². The third-order valence-corrected chi connectivity index (χ3v) is 4.78. The minimum absolute atomic E-state index is 0. The number of hydrogen-bond donors (Lipinski definition) is 2. The second-order valence-corrected chi connectivity index (χ2v) is 6.56. The fraction of sp³-hybridized carbons (Fsp3) is 0.316. The average molecular weight is 388 g/mol. The van der Waals surface area contributed by atoms with Crippen molar-refractivity contribution in [1.29, 1.82) is 0 Å². The predicted octanol–water partition coefficient (Wildman–Crippen LogP) is 2.99. The van der Waals surface area contributed by atoms with Crippen molar-refractivity contribution in [2.45, 2.75) is 25.3 Å². The van der Waals surface area contributed by atoms with E-state index in [-0.39, 0.29) is 18.3 Å². The highest BCUT2D eigenvalue weighted by Crippen LogP contribution is 2.29. The van der Waals surface area contributed by atoms with Gasteiger partial charge in [-0.05, 0) is 57.1 Å². The van der Waals surface area contributed by atoms with Gasteiger partial charge in [-0.2, -0.15) is 5.10 Å². The number of rotatable bonds is 4. The molecule has 1 saturated heterocycles. The molecule has 1 aliphatic rings. The van der Waals surface area contributed by atoms with Crippen molar-refractivity contribution < 1.29 is 9.21 Å². The molecule has 0 bridgehead atoms. The summed E-state index contributed by atoms with van der Waals surface area (Å²) in [6.45, 7) is 3.44. The number of aryl methyl sites for hydroxylation is 1. The molecule has 1 fully saturated rings. The fourth-order valence-corrected chi connectivity index (χ4v) is 3.39. The molecule has 2 N–H and O–H groups in total. The number of amides is 1. The molecule has 4 rings (SSSR count). The number of carbonyl (C=O) groups excluding carboxylic acids is 1. The molecule has 3 heterocycles. The van der Waals surface area contributed by atoms with E-state index in [1.165, 1.54) is 0 Å². The second-order valence-electron chi connectivity index (χ2n) is 6.56. The molecule has 0 spiro atoms. The molecule has 1 aromatic carbocycles. The minimum atomic E-state index is -0.676. The standard InChI is InChI=1S/C19H21N5O2.ClH/c1-14-13-26-17(22-14)15-4-2-5-16(12-15)23-18(25)19(6-9-20-10-7-19)24-11-3-8-21-24;/h2-5,8,11-13,20H,6-7,9-10H2,1H3,(H,23,25);1H. The van der Waals surface area contributed by atoms with Crippen LogP contribution in [0, 0.1) is 6.92 Å². The maximum absolute atomic E-state index is 13.2. The van der Waals surface area contributed by atoms with Gasteiger partial charge in [0.25, 0.3) is 5.91 Å². The van der Waals surface area contributed by atoms with E-state index in [4.69, 9.17) is 4.42 Å². The summed E-state index contributed by atoms with van der Waals surface area (Å²) in [7, 11) is 0. The molecule has 27 heavy (non-hydrogen) atoms. The van der Waals surface area contributed by atoms with Crippen LogP contribution in [-0.4, -0.2) is 33.8 Å². The number of anilines is 1. The Morgan fingerprint density at radius 3 is 2.78 bits per heavy atom. The SMILES string of the molecule is Cc1coc(-c2cccc(NC(=O)C3(n4cccn4)CCNCC3)c2)n1.Cl. The van der Waals surface area contributed by atoms with E-state index in [0.717, 1.165) is 24.3 Å². The molecule has 0 aliphatic carbocycles. The number of nitrogens with zero attached hydrogens (tertiary/aromatic N) is 3. The van der Waals surface area contributed by atoms with Gasteiger partial charge in [-0.15, -0.1) is 12.4 Å². The number of nitrogens with one attached hydrogen (secondary N) is 2. The van der Waals surface area contributed by atoms with E-state index in [1.54, 1.807) is 17.1 Å². The van der Waals surface area contributed by atoms with Gasteiger partial charge in [-0.1, -0.05) is 6.07 Å². The predicted molar refractivity (Wildman–Crippen MR) is 105 cm³/mol. The Balaban J connectivity index is 0.00000210. The lowest BCUT2D eigenvalue weighted by atomic mass is 9.87. The molecule has 1 amide bonds. The zero-order valence-corrected chi connectivity index (χ0v) is 15.8. The number of carbonyl (C=O) groups is 1. The smallest absolute Gasteiger partial charge is 0.252 e. The van der Waals surface area contributed by atoms with Crippen LogP contribution in [0.1, 0.15) is 18.5 Å². The molecule has 7 nitrogen and oxygen atoms in total. The van der Waals surface area contributed by atoms with Gasteiger partial charge in [-0.25, -0.2) is 4.98 Å². The summed E-state index contributed by atoms with van der Waals surface area (Å²) in [6, 6.07) is 9.39. The number of aromatic nitrogens is 3. The third kappa shape index (κ3) is 3.74. The quantitative estimate of drug-likeness (QED) is 0.718. The van der Waals surface area contributed by atoms with Crippen molar-refractivity contribution in [1.82, 2.24) is 20.1 Å². The number of hydrogen-bond acceptors (Lipinski definition) is 5. The topological polar surface area (TPSA) is 85.0 Å². The average Bonchev–Trinajstić information content (AvgIpc) is 3.34. The van der Waals surface area contributed by atoms with Gasteiger partial charge in [-0.3, -0.25) is 9.48 Å². The van der Waals surface area contributed by atoms with Crippen LogP contribution in [0.3, 0.4) is 0 Å². The number of benzene rings is 1. The first-order valence-electron chi connectivity index (χ1n) is 8.72. The van der Waals surface area contributed by atoms with Crippen LogP contribution in [0.4, 0.5) is 5.69 Å². The van der Waals surface area contributed by atoms with Crippen molar-refractivity contribution >= 4 is 24.0 Å². The first kappa shape index (κ1) is 19.1. The lowest BCUT2D eigenvalue weighted by molar-refractivity contribution is -0.126. The van der Waals surface area contributed by atoms with Crippen LogP contribution in [0.15, 0.2) is 53.4 Å². The largest absolute Gasteiger partial charge is 0.444 e. The molecular weight excluding hydrogens is 366 g/mol. The molecule has 142 valence electrons. The Hall–Kier alpha value is -2.64. The van der Waals surface area contributed by atoms with Crippen molar-refractivity contribution in [3.63, 3.8) is 0 Å². The van der Waals surface area contributed by atoms with Crippen LogP contribution < -0.4 is 10.6 Å². The zero-order valence-electron chi connectivity index (χ0n) is 15.0. The van der Waals surface area contributed by atoms with Crippen LogP contribution >= 0.6 is 12.4 Å². The van der Waals surface area contributed by atoms with E-state index >= 15 is 0 Å². The van der Waals surface area contributed by atoms with Crippen LogP contribution in [-0.2, 0) is 10.3 Å². The molecule has 0 radical (unpaired) electrons.